The second-order valence-electron chi connectivity index (χ2n) is 4.32. The molecule has 0 fully saturated rings. The van der Waals surface area contributed by atoms with Crippen LogP contribution in [0.3, 0.4) is 0 Å². The van der Waals surface area contributed by atoms with Crippen molar-refractivity contribution >= 4 is 29.3 Å². The van der Waals surface area contributed by atoms with Crippen LogP contribution in [0.1, 0.15) is 21.9 Å². The maximum absolute atomic E-state index is 11.7. The molecule has 21 heavy (non-hydrogen) atoms. The van der Waals surface area contributed by atoms with E-state index in [2.05, 4.69) is 10.6 Å². The molecule has 0 aliphatic carbocycles. The van der Waals surface area contributed by atoms with Crippen LogP contribution in [-0.2, 0) is 6.54 Å². The first-order valence-electron chi connectivity index (χ1n) is 6.08. The molecule has 1 heterocycles. The molecule has 1 aromatic carbocycles. The zero-order valence-electron chi connectivity index (χ0n) is 11.1. The molecule has 0 aliphatic rings. The molecule has 2 amide bonds. The molecular weight excluding hydrogens is 296 g/mol. The number of nitrogens with one attached hydrogen (secondary N) is 2. The van der Waals surface area contributed by atoms with Gasteiger partial charge in [0, 0.05) is 5.69 Å². The van der Waals surface area contributed by atoms with Gasteiger partial charge < -0.3 is 20.2 Å². The zero-order chi connectivity index (χ0) is 15.4. The Labute approximate surface area is 125 Å². The number of aryl methyl sites for hydroxylation is 1. The van der Waals surface area contributed by atoms with Crippen molar-refractivity contribution in [2.24, 2.45) is 0 Å². The lowest BCUT2D eigenvalue weighted by atomic mass is 10.2. The Morgan fingerprint density at radius 2 is 2.05 bits per heavy atom. The van der Waals surface area contributed by atoms with Gasteiger partial charge in [-0.05, 0) is 37.3 Å². The van der Waals surface area contributed by atoms with Crippen LogP contribution < -0.4 is 10.6 Å². The third kappa shape index (κ3) is 4.00. The van der Waals surface area contributed by atoms with E-state index in [4.69, 9.17) is 21.1 Å². The van der Waals surface area contributed by atoms with Crippen LogP contribution in [0.25, 0.3) is 0 Å². The topological polar surface area (TPSA) is 91.6 Å². The Kier molecular flexibility index (Phi) is 4.49. The molecule has 7 heteroatoms. The molecule has 0 radical (unpaired) electrons. The van der Waals surface area contributed by atoms with Gasteiger partial charge in [0.1, 0.15) is 11.5 Å². The Bertz CT molecular complexity index is 681. The molecule has 2 rings (SSSR count). The van der Waals surface area contributed by atoms with E-state index in [1.807, 2.05) is 6.92 Å². The molecule has 0 unspecified atom stereocenters. The normalized spacial score (nSPS) is 10.2. The lowest BCUT2D eigenvalue weighted by molar-refractivity contribution is 0.0697. The van der Waals surface area contributed by atoms with Gasteiger partial charge in [0.05, 0.1) is 17.1 Å². The van der Waals surface area contributed by atoms with Crippen molar-refractivity contribution in [3.63, 3.8) is 0 Å². The van der Waals surface area contributed by atoms with Crippen LogP contribution >= 0.6 is 11.6 Å². The summed E-state index contributed by atoms with van der Waals surface area (Å²) in [5.41, 5.74) is 0.265. The van der Waals surface area contributed by atoms with Crippen LogP contribution in [0, 0.1) is 6.92 Å². The maximum atomic E-state index is 11.7. The van der Waals surface area contributed by atoms with Crippen molar-refractivity contribution in [3.05, 3.63) is 52.4 Å². The quantitative estimate of drug-likeness (QED) is 0.808. The molecule has 6 nitrogen and oxygen atoms in total. The minimum absolute atomic E-state index is 0.0730. The minimum Gasteiger partial charge on any atom is -0.478 e. The molecule has 0 saturated carbocycles. The van der Waals surface area contributed by atoms with Crippen molar-refractivity contribution in [3.8, 4) is 0 Å². The molecule has 0 aliphatic heterocycles. The van der Waals surface area contributed by atoms with Gasteiger partial charge in [0.15, 0.2) is 0 Å². The van der Waals surface area contributed by atoms with Gasteiger partial charge in [-0.2, -0.15) is 0 Å². The van der Waals surface area contributed by atoms with Crippen LogP contribution in [0.5, 0.6) is 0 Å². The van der Waals surface area contributed by atoms with Gasteiger partial charge in [-0.1, -0.05) is 11.6 Å². The fourth-order valence-electron chi connectivity index (χ4n) is 1.69. The molecule has 0 atom stereocenters. The number of carbonyl (C=O) groups excluding carboxylic acids is 1. The highest BCUT2D eigenvalue weighted by atomic mass is 35.5. The zero-order valence-corrected chi connectivity index (χ0v) is 11.9. The van der Waals surface area contributed by atoms with Crippen LogP contribution in [-0.4, -0.2) is 17.1 Å². The average molecular weight is 309 g/mol. The Balaban J connectivity index is 1.96. The lowest BCUT2D eigenvalue weighted by Gasteiger charge is -2.08. The SMILES string of the molecule is Cc1ccc(CNC(=O)Nc2ccc(Cl)c(C(=O)O)c2)o1. The summed E-state index contributed by atoms with van der Waals surface area (Å²) in [6.07, 6.45) is 0. The van der Waals surface area contributed by atoms with Crippen LogP contribution in [0.15, 0.2) is 34.7 Å². The first kappa shape index (κ1) is 14.9. The van der Waals surface area contributed by atoms with Gasteiger partial charge in [-0.3, -0.25) is 0 Å². The Morgan fingerprint density at radius 1 is 1.29 bits per heavy atom. The number of urea groups is 1. The molecule has 110 valence electrons. The number of hydrogen-bond acceptors (Lipinski definition) is 3. The summed E-state index contributed by atoms with van der Waals surface area (Å²) >= 11 is 5.75. The summed E-state index contributed by atoms with van der Waals surface area (Å²) in [4.78, 5) is 22.7. The smallest absolute Gasteiger partial charge is 0.337 e. The summed E-state index contributed by atoms with van der Waals surface area (Å²) in [6.45, 7) is 2.05. The van der Waals surface area contributed by atoms with Crippen LogP contribution in [0.4, 0.5) is 10.5 Å². The van der Waals surface area contributed by atoms with Crippen molar-refractivity contribution in [1.29, 1.82) is 0 Å². The molecule has 0 saturated heterocycles. The Hall–Kier alpha value is -2.47. The second kappa shape index (κ2) is 6.32. The van der Waals surface area contributed by atoms with Crippen molar-refractivity contribution in [2.75, 3.05) is 5.32 Å². The van der Waals surface area contributed by atoms with E-state index < -0.39 is 12.0 Å². The van der Waals surface area contributed by atoms with Crippen molar-refractivity contribution < 1.29 is 19.1 Å². The highest BCUT2D eigenvalue weighted by Crippen LogP contribution is 2.20. The van der Waals surface area contributed by atoms with Crippen molar-refractivity contribution in [1.82, 2.24) is 5.32 Å². The summed E-state index contributed by atoms with van der Waals surface area (Å²) < 4.78 is 5.31. The van der Waals surface area contributed by atoms with E-state index in [9.17, 15) is 9.59 Å². The summed E-state index contributed by atoms with van der Waals surface area (Å²) in [6, 6.07) is 7.32. The number of furan rings is 1. The number of benzene rings is 1. The predicted octanol–water partition coefficient (Wildman–Crippen LogP) is 3.26. The number of halogens is 1. The van der Waals surface area contributed by atoms with Gasteiger partial charge in [0.2, 0.25) is 0 Å². The van der Waals surface area contributed by atoms with E-state index in [0.29, 0.717) is 11.4 Å². The fraction of sp³-hybridized carbons (Fsp3) is 0.143. The predicted molar refractivity (Wildman–Crippen MR) is 77.7 cm³/mol. The fourth-order valence-corrected chi connectivity index (χ4v) is 1.89. The van der Waals surface area contributed by atoms with Gasteiger partial charge in [-0.15, -0.1) is 0 Å². The van der Waals surface area contributed by atoms with Gasteiger partial charge >= 0.3 is 12.0 Å². The highest BCUT2D eigenvalue weighted by Gasteiger charge is 2.11. The molecule has 3 N–H and O–H groups in total. The Morgan fingerprint density at radius 3 is 2.67 bits per heavy atom. The van der Waals surface area contributed by atoms with E-state index >= 15 is 0 Å². The lowest BCUT2D eigenvalue weighted by Crippen LogP contribution is -2.28. The van der Waals surface area contributed by atoms with E-state index in [1.54, 1.807) is 12.1 Å². The minimum atomic E-state index is -1.16. The highest BCUT2D eigenvalue weighted by molar-refractivity contribution is 6.33. The largest absolute Gasteiger partial charge is 0.478 e. The molecule has 0 bridgehead atoms. The van der Waals surface area contributed by atoms with Gasteiger partial charge in [-0.25, -0.2) is 9.59 Å². The summed E-state index contributed by atoms with van der Waals surface area (Å²) in [5.74, 6) is 0.233. The van der Waals surface area contributed by atoms with E-state index in [1.165, 1.54) is 18.2 Å². The number of anilines is 1. The molecular formula is C14H13ClN2O4. The van der Waals surface area contributed by atoms with Crippen LogP contribution in [0.2, 0.25) is 5.02 Å². The standard InChI is InChI=1S/C14H13ClN2O4/c1-8-2-4-10(21-8)7-16-14(20)17-9-3-5-12(15)11(6-9)13(18)19/h2-6H,7H2,1H3,(H,18,19)(H2,16,17,20). The van der Waals surface area contributed by atoms with E-state index in [-0.39, 0.29) is 17.1 Å². The van der Waals surface area contributed by atoms with E-state index in [0.717, 1.165) is 5.76 Å². The summed E-state index contributed by atoms with van der Waals surface area (Å²) in [7, 11) is 0. The third-order valence-corrected chi connectivity index (χ3v) is 3.00. The maximum Gasteiger partial charge on any atom is 0.337 e. The number of carbonyl (C=O) groups is 2. The third-order valence-electron chi connectivity index (χ3n) is 2.67. The first-order chi connectivity index (χ1) is 9.95. The number of hydrogen-bond donors (Lipinski definition) is 3. The number of aromatic carboxylic acids is 1. The van der Waals surface area contributed by atoms with Gasteiger partial charge in [0.25, 0.3) is 0 Å². The first-order valence-corrected chi connectivity index (χ1v) is 6.46. The number of carboxylic acids is 1. The molecule has 1 aromatic heterocycles. The molecule has 2 aromatic rings. The molecule has 0 spiro atoms. The average Bonchev–Trinajstić information content (AvgIpc) is 2.84. The second-order valence-corrected chi connectivity index (χ2v) is 4.73. The number of rotatable bonds is 4. The van der Waals surface area contributed by atoms with Crippen molar-refractivity contribution in [2.45, 2.75) is 13.5 Å². The number of carboxylic acid groups (broad SMARTS) is 1. The monoisotopic (exact) mass is 308 g/mol. The summed E-state index contributed by atoms with van der Waals surface area (Å²) in [5, 5.41) is 14.2. The number of amides is 2.